The third kappa shape index (κ3) is 2.32. The zero-order chi connectivity index (χ0) is 13.3. The molecule has 2 rings (SSSR count). The number of nitrogens with one attached hydrogen (secondary N) is 2. The van der Waals surface area contributed by atoms with Crippen molar-refractivity contribution in [1.29, 1.82) is 0 Å². The van der Waals surface area contributed by atoms with Gasteiger partial charge in [-0.05, 0) is 0 Å². The van der Waals surface area contributed by atoms with Crippen LogP contribution in [0.2, 0.25) is 0 Å². The van der Waals surface area contributed by atoms with Crippen molar-refractivity contribution >= 4 is 17.1 Å². The Kier molecular flexibility index (Phi) is 3.28. The molecule has 9 heteroatoms. The van der Waals surface area contributed by atoms with Crippen LogP contribution < -0.4 is 11.3 Å². The first kappa shape index (κ1) is 12.5. The van der Waals surface area contributed by atoms with Crippen molar-refractivity contribution in [2.45, 2.75) is 18.6 Å². The predicted octanol–water partition coefficient (Wildman–Crippen LogP) is -2.52. The van der Waals surface area contributed by atoms with Crippen LogP contribution >= 0.6 is 0 Å². The normalized spacial score (nSPS) is 14.8. The molecule has 0 aliphatic heterocycles. The van der Waals surface area contributed by atoms with Crippen LogP contribution in [-0.4, -0.2) is 54.1 Å². The molecular formula is C9H13N5O4. The number of nitrogens with zero attached hydrogens (tertiary/aromatic N) is 2. The number of rotatable bonds is 4. The summed E-state index contributed by atoms with van der Waals surface area (Å²) < 4.78 is 0. The first-order valence-electron chi connectivity index (χ1n) is 5.22. The van der Waals surface area contributed by atoms with Crippen LogP contribution in [0.25, 0.3) is 11.2 Å². The maximum Gasteiger partial charge on any atom is 0.278 e. The van der Waals surface area contributed by atoms with Gasteiger partial charge in [0.2, 0.25) is 5.95 Å². The largest absolute Gasteiger partial charge is 0.394 e. The molecule has 0 aromatic carbocycles. The Labute approximate surface area is 100 Å². The van der Waals surface area contributed by atoms with E-state index < -0.39 is 24.4 Å². The third-order valence-electron chi connectivity index (χ3n) is 2.46. The number of fused-ring (bicyclic) bond motifs is 1. The Balaban J connectivity index is 2.31. The van der Waals surface area contributed by atoms with Crippen molar-refractivity contribution in [1.82, 2.24) is 19.9 Å². The van der Waals surface area contributed by atoms with Crippen LogP contribution in [0.4, 0.5) is 5.95 Å². The zero-order valence-corrected chi connectivity index (χ0v) is 9.29. The van der Waals surface area contributed by atoms with Crippen LogP contribution in [-0.2, 0) is 6.42 Å². The molecule has 18 heavy (non-hydrogen) atoms. The van der Waals surface area contributed by atoms with Crippen molar-refractivity contribution in [3.8, 4) is 0 Å². The molecule has 0 bridgehead atoms. The summed E-state index contributed by atoms with van der Waals surface area (Å²) in [5, 5.41) is 27.4. The molecule has 2 heterocycles. The highest BCUT2D eigenvalue weighted by atomic mass is 16.4. The fourth-order valence-corrected chi connectivity index (χ4v) is 1.52. The minimum atomic E-state index is -1.27. The van der Waals surface area contributed by atoms with Gasteiger partial charge in [-0.2, -0.15) is 4.98 Å². The van der Waals surface area contributed by atoms with E-state index in [0.29, 0.717) is 0 Å². The molecule has 2 aromatic rings. The Morgan fingerprint density at radius 1 is 1.22 bits per heavy atom. The Bertz CT molecular complexity index is 607. The molecule has 7 N–H and O–H groups in total. The number of aliphatic hydroxyl groups excluding tert-OH is 3. The van der Waals surface area contributed by atoms with E-state index in [1.807, 2.05) is 0 Å². The van der Waals surface area contributed by atoms with E-state index >= 15 is 0 Å². The second kappa shape index (κ2) is 4.72. The number of imidazole rings is 1. The molecule has 0 aliphatic carbocycles. The van der Waals surface area contributed by atoms with E-state index in [-0.39, 0.29) is 29.4 Å². The number of H-pyrrole nitrogens is 2. The Hall–Kier alpha value is -1.97. The zero-order valence-electron chi connectivity index (χ0n) is 9.29. The fraction of sp³-hybridized carbons (Fsp3) is 0.444. The molecule has 2 aromatic heterocycles. The van der Waals surface area contributed by atoms with Crippen LogP contribution in [0.1, 0.15) is 5.82 Å². The quantitative estimate of drug-likeness (QED) is 0.351. The molecule has 0 fully saturated rings. The maximum absolute atomic E-state index is 11.5. The van der Waals surface area contributed by atoms with Crippen molar-refractivity contribution < 1.29 is 15.3 Å². The minimum Gasteiger partial charge on any atom is -0.394 e. The SMILES string of the molecule is Nc1nc2nc(CC(O)C(O)CO)[nH]c2c(=O)[nH]1. The predicted molar refractivity (Wildman–Crippen MR) is 61.7 cm³/mol. The lowest BCUT2D eigenvalue weighted by atomic mass is 10.1. The molecular weight excluding hydrogens is 242 g/mol. The molecule has 2 atom stereocenters. The molecule has 0 saturated carbocycles. The third-order valence-corrected chi connectivity index (χ3v) is 2.46. The molecule has 0 amide bonds. The summed E-state index contributed by atoms with van der Waals surface area (Å²) in [6, 6.07) is 0. The summed E-state index contributed by atoms with van der Waals surface area (Å²) in [6.45, 7) is -0.562. The molecule has 0 spiro atoms. The van der Waals surface area contributed by atoms with Crippen molar-refractivity contribution in [3.05, 3.63) is 16.2 Å². The summed E-state index contributed by atoms with van der Waals surface area (Å²) in [5.41, 5.74) is 5.18. The summed E-state index contributed by atoms with van der Waals surface area (Å²) in [4.78, 5) is 24.3. The van der Waals surface area contributed by atoms with E-state index in [4.69, 9.17) is 10.8 Å². The summed E-state index contributed by atoms with van der Waals surface area (Å²) >= 11 is 0. The summed E-state index contributed by atoms with van der Waals surface area (Å²) in [5.74, 6) is 0.218. The summed E-state index contributed by atoms with van der Waals surface area (Å²) in [7, 11) is 0. The van der Waals surface area contributed by atoms with Gasteiger partial charge in [0.15, 0.2) is 11.2 Å². The fourth-order valence-electron chi connectivity index (χ4n) is 1.52. The van der Waals surface area contributed by atoms with Crippen LogP contribution in [0.5, 0.6) is 0 Å². The molecule has 2 unspecified atom stereocenters. The Morgan fingerprint density at radius 3 is 2.61 bits per heavy atom. The molecule has 98 valence electrons. The van der Waals surface area contributed by atoms with E-state index in [2.05, 4.69) is 19.9 Å². The number of aliphatic hydroxyl groups is 3. The van der Waals surface area contributed by atoms with Gasteiger partial charge in [-0.3, -0.25) is 9.78 Å². The van der Waals surface area contributed by atoms with Gasteiger partial charge in [0.25, 0.3) is 5.56 Å². The second-order valence-electron chi connectivity index (χ2n) is 3.85. The number of nitrogens with two attached hydrogens (primary N) is 1. The number of hydrogen-bond acceptors (Lipinski definition) is 7. The smallest absolute Gasteiger partial charge is 0.278 e. The summed E-state index contributed by atoms with van der Waals surface area (Å²) in [6.07, 6.45) is -2.50. The molecule has 0 aliphatic rings. The van der Waals surface area contributed by atoms with Gasteiger partial charge in [0.1, 0.15) is 11.9 Å². The van der Waals surface area contributed by atoms with Crippen LogP contribution in [0, 0.1) is 0 Å². The van der Waals surface area contributed by atoms with Gasteiger partial charge >= 0.3 is 0 Å². The monoisotopic (exact) mass is 255 g/mol. The average Bonchev–Trinajstić information content (AvgIpc) is 2.70. The van der Waals surface area contributed by atoms with Gasteiger partial charge in [-0.25, -0.2) is 4.98 Å². The number of aromatic amines is 2. The van der Waals surface area contributed by atoms with Crippen molar-refractivity contribution in [2.24, 2.45) is 0 Å². The highest BCUT2D eigenvalue weighted by Crippen LogP contribution is 2.08. The topological polar surface area (TPSA) is 161 Å². The first-order valence-corrected chi connectivity index (χ1v) is 5.22. The standard InChI is InChI=1S/C9H13N5O4/c10-9-13-7-6(8(18)14-9)11-5(12-7)1-3(16)4(17)2-15/h3-4,15-17H,1-2H2,(H4,10,11,12,13,14,18). The highest BCUT2D eigenvalue weighted by Gasteiger charge is 2.18. The lowest BCUT2D eigenvalue weighted by molar-refractivity contribution is -0.0140. The molecule has 9 nitrogen and oxygen atoms in total. The van der Waals surface area contributed by atoms with E-state index in [0.717, 1.165) is 0 Å². The van der Waals surface area contributed by atoms with Gasteiger partial charge in [-0.1, -0.05) is 0 Å². The van der Waals surface area contributed by atoms with Crippen molar-refractivity contribution in [2.75, 3.05) is 12.3 Å². The van der Waals surface area contributed by atoms with Gasteiger partial charge in [-0.15, -0.1) is 0 Å². The number of anilines is 1. The Morgan fingerprint density at radius 2 is 1.94 bits per heavy atom. The number of aromatic nitrogens is 4. The lowest BCUT2D eigenvalue weighted by Crippen LogP contribution is -2.31. The van der Waals surface area contributed by atoms with Crippen LogP contribution in [0.15, 0.2) is 4.79 Å². The first-order chi connectivity index (χ1) is 8.51. The second-order valence-corrected chi connectivity index (χ2v) is 3.85. The maximum atomic E-state index is 11.5. The highest BCUT2D eigenvalue weighted by molar-refractivity contribution is 5.70. The van der Waals surface area contributed by atoms with Gasteiger partial charge in [0.05, 0.1) is 12.7 Å². The van der Waals surface area contributed by atoms with Gasteiger partial charge in [0, 0.05) is 6.42 Å². The number of hydrogen-bond donors (Lipinski definition) is 6. The molecule has 0 radical (unpaired) electrons. The van der Waals surface area contributed by atoms with Gasteiger partial charge < -0.3 is 26.0 Å². The average molecular weight is 255 g/mol. The van der Waals surface area contributed by atoms with Crippen molar-refractivity contribution in [3.63, 3.8) is 0 Å². The lowest BCUT2D eigenvalue weighted by Gasteiger charge is -2.13. The molecule has 0 saturated heterocycles. The van der Waals surface area contributed by atoms with Crippen LogP contribution in [0.3, 0.4) is 0 Å². The van der Waals surface area contributed by atoms with E-state index in [1.54, 1.807) is 0 Å². The van der Waals surface area contributed by atoms with E-state index in [9.17, 15) is 15.0 Å². The number of nitrogen functional groups attached to an aromatic ring is 1. The minimum absolute atomic E-state index is 0.0442. The van der Waals surface area contributed by atoms with E-state index in [1.165, 1.54) is 0 Å².